The molecule has 11 heavy (non-hydrogen) atoms. The molecule has 0 aromatic carbocycles. The van der Waals surface area contributed by atoms with E-state index in [1.165, 1.54) is 12.0 Å². The Morgan fingerprint density at radius 3 is 2.00 bits per heavy atom. The summed E-state index contributed by atoms with van der Waals surface area (Å²) >= 11 is 2.01. The first-order valence-corrected chi connectivity index (χ1v) is 5.08. The Kier molecular flexibility index (Phi) is 4.23. The molecule has 0 nitrogen and oxygen atoms in total. The molecule has 0 aromatic heterocycles. The van der Waals surface area contributed by atoms with Gasteiger partial charge in [-0.25, -0.2) is 0 Å². The molecule has 0 saturated heterocycles. The molecular weight excluding hydrogens is 152 g/mol. The van der Waals surface area contributed by atoms with E-state index in [9.17, 15) is 0 Å². The van der Waals surface area contributed by atoms with Gasteiger partial charge in [0.1, 0.15) is 0 Å². The smallest absolute Gasteiger partial charge is 0.0253 e. The van der Waals surface area contributed by atoms with Crippen molar-refractivity contribution >= 4 is 11.8 Å². The van der Waals surface area contributed by atoms with E-state index < -0.39 is 0 Å². The van der Waals surface area contributed by atoms with Crippen LogP contribution in [0.25, 0.3) is 0 Å². The van der Waals surface area contributed by atoms with Crippen LogP contribution in [0.5, 0.6) is 0 Å². The van der Waals surface area contributed by atoms with Gasteiger partial charge in [0.15, 0.2) is 0 Å². The number of rotatable bonds is 3. The Hall–Kier alpha value is 0.0900. The number of thioether (sulfide) groups is 1. The molecule has 0 fully saturated rings. The van der Waals surface area contributed by atoms with Crippen LogP contribution in [0.2, 0.25) is 0 Å². The largest absolute Gasteiger partial charge is 0.148 e. The van der Waals surface area contributed by atoms with Crippen LogP contribution in [0.15, 0.2) is 12.2 Å². The molecule has 1 atom stereocenters. The standard InChI is InChI=1S/C10H20S/c1-7-9(8(2)3)11-10(4,5)6/h9H,2,7H2,1,3-6H3. The van der Waals surface area contributed by atoms with Gasteiger partial charge in [0, 0.05) is 10.00 Å². The Morgan fingerprint density at radius 1 is 1.45 bits per heavy atom. The monoisotopic (exact) mass is 172 g/mol. The van der Waals surface area contributed by atoms with Crippen molar-refractivity contribution in [3.05, 3.63) is 12.2 Å². The molecule has 0 aromatic rings. The SMILES string of the molecule is C=C(C)C(CC)SC(C)(C)C. The predicted octanol–water partition coefficient (Wildman–Crippen LogP) is 3.87. The Bertz CT molecular complexity index is 130. The zero-order valence-corrected chi connectivity index (χ0v) is 9.22. The van der Waals surface area contributed by atoms with Crippen molar-refractivity contribution in [3.63, 3.8) is 0 Å². The summed E-state index contributed by atoms with van der Waals surface area (Å²) in [5.41, 5.74) is 1.30. The zero-order valence-electron chi connectivity index (χ0n) is 8.40. The van der Waals surface area contributed by atoms with Gasteiger partial charge in [0.25, 0.3) is 0 Å². The lowest BCUT2D eigenvalue weighted by atomic mass is 10.2. The quantitative estimate of drug-likeness (QED) is 0.582. The van der Waals surface area contributed by atoms with Gasteiger partial charge in [0.05, 0.1) is 0 Å². The molecule has 0 rings (SSSR count). The summed E-state index contributed by atoms with van der Waals surface area (Å²) in [5, 5.41) is 0.634. The summed E-state index contributed by atoms with van der Waals surface area (Å²) in [7, 11) is 0. The second-order valence-corrected chi connectivity index (χ2v) is 6.00. The molecule has 0 amide bonds. The molecule has 0 radical (unpaired) electrons. The molecule has 1 heteroatoms. The summed E-state index contributed by atoms with van der Waals surface area (Å²) in [6.07, 6.45) is 1.19. The van der Waals surface area contributed by atoms with Crippen molar-refractivity contribution in [2.24, 2.45) is 0 Å². The van der Waals surface area contributed by atoms with Gasteiger partial charge >= 0.3 is 0 Å². The lowest BCUT2D eigenvalue weighted by Gasteiger charge is -2.24. The highest BCUT2D eigenvalue weighted by Gasteiger charge is 2.17. The first-order chi connectivity index (χ1) is 4.87. The predicted molar refractivity (Wildman–Crippen MR) is 56.2 cm³/mol. The molecule has 0 aliphatic carbocycles. The van der Waals surface area contributed by atoms with E-state index >= 15 is 0 Å². The van der Waals surface area contributed by atoms with Crippen molar-refractivity contribution in [2.75, 3.05) is 0 Å². The minimum atomic E-state index is 0.361. The summed E-state index contributed by atoms with van der Waals surface area (Å²) < 4.78 is 0.361. The Morgan fingerprint density at radius 2 is 1.91 bits per heavy atom. The van der Waals surface area contributed by atoms with E-state index in [2.05, 4.69) is 41.2 Å². The van der Waals surface area contributed by atoms with E-state index in [1.54, 1.807) is 0 Å². The molecule has 66 valence electrons. The van der Waals surface area contributed by atoms with Crippen LogP contribution in [-0.2, 0) is 0 Å². The topological polar surface area (TPSA) is 0 Å². The van der Waals surface area contributed by atoms with E-state index in [0.717, 1.165) is 0 Å². The number of hydrogen-bond donors (Lipinski definition) is 0. The molecule has 0 spiro atoms. The van der Waals surface area contributed by atoms with E-state index in [0.29, 0.717) is 10.00 Å². The molecule has 0 N–H and O–H groups in total. The second-order valence-electron chi connectivity index (χ2n) is 3.97. The molecule has 1 unspecified atom stereocenters. The van der Waals surface area contributed by atoms with Crippen molar-refractivity contribution < 1.29 is 0 Å². The van der Waals surface area contributed by atoms with E-state index in [1.807, 2.05) is 11.8 Å². The van der Waals surface area contributed by atoms with Crippen molar-refractivity contribution in [2.45, 2.75) is 51.0 Å². The summed E-state index contributed by atoms with van der Waals surface area (Å²) in [5.74, 6) is 0. The van der Waals surface area contributed by atoms with Crippen LogP contribution >= 0.6 is 11.8 Å². The molecule has 0 aliphatic rings. The molecule has 0 aliphatic heterocycles. The fourth-order valence-corrected chi connectivity index (χ4v) is 2.18. The molecule has 0 saturated carbocycles. The minimum Gasteiger partial charge on any atom is -0.148 e. The Labute approximate surface area is 75.5 Å². The van der Waals surface area contributed by atoms with E-state index in [-0.39, 0.29) is 0 Å². The minimum absolute atomic E-state index is 0.361. The van der Waals surface area contributed by atoms with Gasteiger partial charge in [-0.05, 0) is 13.3 Å². The first kappa shape index (κ1) is 11.1. The van der Waals surface area contributed by atoms with Crippen molar-refractivity contribution in [1.82, 2.24) is 0 Å². The molecule has 0 heterocycles. The maximum Gasteiger partial charge on any atom is 0.0253 e. The highest BCUT2D eigenvalue weighted by Crippen LogP contribution is 2.32. The lowest BCUT2D eigenvalue weighted by Crippen LogP contribution is -2.15. The van der Waals surface area contributed by atoms with Crippen molar-refractivity contribution in [1.29, 1.82) is 0 Å². The fraction of sp³-hybridized carbons (Fsp3) is 0.800. The summed E-state index contributed by atoms with van der Waals surface area (Å²) in [6, 6.07) is 0. The third-order valence-electron chi connectivity index (χ3n) is 1.42. The second kappa shape index (κ2) is 4.20. The summed E-state index contributed by atoms with van der Waals surface area (Å²) in [6.45, 7) is 15.1. The Balaban J connectivity index is 3.99. The number of hydrogen-bond acceptors (Lipinski definition) is 1. The van der Waals surface area contributed by atoms with Crippen LogP contribution < -0.4 is 0 Å². The lowest BCUT2D eigenvalue weighted by molar-refractivity contribution is 0.786. The summed E-state index contributed by atoms with van der Waals surface area (Å²) in [4.78, 5) is 0. The average molecular weight is 172 g/mol. The highest BCUT2D eigenvalue weighted by molar-refractivity contribution is 8.01. The molecular formula is C10H20S. The van der Waals surface area contributed by atoms with Crippen molar-refractivity contribution in [3.8, 4) is 0 Å². The normalized spacial score (nSPS) is 14.6. The van der Waals surface area contributed by atoms with Crippen LogP contribution in [-0.4, -0.2) is 10.00 Å². The van der Waals surface area contributed by atoms with Gasteiger partial charge in [-0.2, -0.15) is 0 Å². The highest BCUT2D eigenvalue weighted by atomic mass is 32.2. The van der Waals surface area contributed by atoms with Crippen LogP contribution in [0.3, 0.4) is 0 Å². The third-order valence-corrected chi connectivity index (χ3v) is 3.14. The van der Waals surface area contributed by atoms with E-state index in [4.69, 9.17) is 0 Å². The van der Waals surface area contributed by atoms with Gasteiger partial charge in [-0.15, -0.1) is 11.8 Å². The van der Waals surface area contributed by atoms with Crippen LogP contribution in [0.1, 0.15) is 41.0 Å². The maximum absolute atomic E-state index is 3.99. The zero-order chi connectivity index (χ0) is 9.07. The van der Waals surface area contributed by atoms with Gasteiger partial charge in [-0.1, -0.05) is 39.8 Å². The fourth-order valence-electron chi connectivity index (χ4n) is 0.959. The van der Waals surface area contributed by atoms with Gasteiger partial charge < -0.3 is 0 Å². The maximum atomic E-state index is 3.99. The average Bonchev–Trinajstić information content (AvgIpc) is 1.80. The van der Waals surface area contributed by atoms with Gasteiger partial charge in [0.2, 0.25) is 0 Å². The first-order valence-electron chi connectivity index (χ1n) is 4.20. The third kappa shape index (κ3) is 5.37. The van der Waals surface area contributed by atoms with Crippen LogP contribution in [0, 0.1) is 0 Å². The van der Waals surface area contributed by atoms with Crippen LogP contribution in [0.4, 0.5) is 0 Å². The molecule has 0 bridgehead atoms. The van der Waals surface area contributed by atoms with Gasteiger partial charge in [-0.3, -0.25) is 0 Å².